The van der Waals surface area contributed by atoms with Crippen molar-refractivity contribution in [1.29, 1.82) is 0 Å². The minimum atomic E-state index is 0.0853. The first-order valence-electron chi connectivity index (χ1n) is 9.32. The summed E-state index contributed by atoms with van der Waals surface area (Å²) >= 11 is 12.5. The first-order chi connectivity index (χ1) is 13.6. The van der Waals surface area contributed by atoms with Gasteiger partial charge in [0.2, 0.25) is 0 Å². The molecule has 2 aromatic heterocycles. The molecule has 1 aliphatic rings. The van der Waals surface area contributed by atoms with Crippen molar-refractivity contribution < 1.29 is 4.79 Å². The van der Waals surface area contributed by atoms with Crippen LogP contribution in [0.4, 0.5) is 0 Å². The smallest absolute Gasteiger partial charge is 0.161 e. The summed E-state index contributed by atoms with van der Waals surface area (Å²) in [4.78, 5) is 12.7. The monoisotopic (exact) mass is 417 g/mol. The highest BCUT2D eigenvalue weighted by Gasteiger charge is 2.23. The van der Waals surface area contributed by atoms with Gasteiger partial charge in [-0.1, -0.05) is 29.3 Å². The molecule has 0 radical (unpaired) electrons. The highest BCUT2D eigenvalue weighted by Crippen LogP contribution is 2.33. The van der Waals surface area contributed by atoms with Crippen LogP contribution in [0.5, 0.6) is 0 Å². The number of pyridine rings is 1. The van der Waals surface area contributed by atoms with Crippen LogP contribution in [-0.4, -0.2) is 33.5 Å². The van der Waals surface area contributed by atoms with Gasteiger partial charge in [0.25, 0.3) is 0 Å². The van der Waals surface area contributed by atoms with Crippen molar-refractivity contribution in [2.45, 2.75) is 25.8 Å². The number of hydrogen-bond acceptors (Lipinski definition) is 5. The van der Waals surface area contributed by atoms with E-state index in [0.29, 0.717) is 28.1 Å². The number of nitrogens with two attached hydrogens (primary N) is 1. The van der Waals surface area contributed by atoms with Gasteiger partial charge >= 0.3 is 0 Å². The summed E-state index contributed by atoms with van der Waals surface area (Å²) in [5.41, 5.74) is 9.24. The Balaban J connectivity index is 1.73. The van der Waals surface area contributed by atoms with Gasteiger partial charge in [0, 0.05) is 39.8 Å². The lowest BCUT2D eigenvalue weighted by atomic mass is 9.92. The van der Waals surface area contributed by atoms with E-state index in [4.69, 9.17) is 28.9 Å². The van der Waals surface area contributed by atoms with Gasteiger partial charge in [-0.05, 0) is 49.7 Å². The predicted molar refractivity (Wildman–Crippen MR) is 111 cm³/mol. The van der Waals surface area contributed by atoms with Gasteiger partial charge < -0.3 is 11.1 Å². The number of nitrogens with zero attached hydrogens (tertiary/aromatic N) is 3. The van der Waals surface area contributed by atoms with Crippen molar-refractivity contribution in [2.24, 2.45) is 11.7 Å². The standard InChI is InChI=1S/C20H21Cl2N5O/c21-14-1-2-15(17(22)8-14)16-11-27-19(7-13(16)10-23)25-26-20(27)9-18(28)12-3-5-24-6-4-12/h1-2,7-8,11-12,24H,3-6,9-10,23H2. The van der Waals surface area contributed by atoms with Crippen LogP contribution in [0.3, 0.4) is 0 Å². The first kappa shape index (κ1) is 19.3. The molecule has 28 heavy (non-hydrogen) atoms. The summed E-state index contributed by atoms with van der Waals surface area (Å²) in [5.74, 6) is 0.931. The molecule has 1 fully saturated rings. The first-order valence-corrected chi connectivity index (χ1v) is 10.1. The number of halogens is 2. The van der Waals surface area contributed by atoms with Crippen molar-refractivity contribution in [3.8, 4) is 11.1 Å². The van der Waals surface area contributed by atoms with Crippen LogP contribution in [0.2, 0.25) is 10.0 Å². The SMILES string of the molecule is NCc1cc2nnc(CC(=O)C3CCNCC3)n2cc1-c1ccc(Cl)cc1Cl. The van der Waals surface area contributed by atoms with E-state index >= 15 is 0 Å². The van der Waals surface area contributed by atoms with Crippen molar-refractivity contribution in [2.75, 3.05) is 13.1 Å². The third-order valence-corrected chi connectivity index (χ3v) is 5.82. The zero-order valence-corrected chi connectivity index (χ0v) is 16.8. The summed E-state index contributed by atoms with van der Waals surface area (Å²) in [6, 6.07) is 7.26. The number of hydrogen-bond donors (Lipinski definition) is 2. The summed E-state index contributed by atoms with van der Waals surface area (Å²) < 4.78 is 1.86. The minimum Gasteiger partial charge on any atom is -0.326 e. The minimum absolute atomic E-state index is 0.0853. The van der Waals surface area contributed by atoms with E-state index in [1.807, 2.05) is 22.7 Å². The Morgan fingerprint density at radius 2 is 1.96 bits per heavy atom. The van der Waals surface area contributed by atoms with E-state index in [2.05, 4.69) is 15.5 Å². The van der Waals surface area contributed by atoms with Gasteiger partial charge in [0.15, 0.2) is 5.65 Å². The normalized spacial score (nSPS) is 15.2. The molecule has 4 rings (SSSR count). The molecule has 146 valence electrons. The summed E-state index contributed by atoms with van der Waals surface area (Å²) in [5, 5.41) is 12.9. The number of Topliss-reactive ketones (excluding diaryl/α,β-unsaturated/α-hetero) is 1. The number of aromatic nitrogens is 3. The Hall–Kier alpha value is -1.99. The lowest BCUT2D eigenvalue weighted by Crippen LogP contribution is -2.32. The predicted octanol–water partition coefficient (Wildman–Crippen LogP) is 3.27. The molecule has 8 heteroatoms. The van der Waals surface area contributed by atoms with E-state index in [-0.39, 0.29) is 18.1 Å². The van der Waals surface area contributed by atoms with Gasteiger partial charge in [0.1, 0.15) is 11.6 Å². The molecule has 0 amide bonds. The largest absolute Gasteiger partial charge is 0.326 e. The molecule has 3 N–H and O–H groups in total. The molecule has 3 aromatic rings. The lowest BCUT2D eigenvalue weighted by Gasteiger charge is -2.21. The number of fused-ring (bicyclic) bond motifs is 1. The zero-order chi connectivity index (χ0) is 19.7. The molecule has 0 aliphatic carbocycles. The van der Waals surface area contributed by atoms with Crippen molar-refractivity contribution in [3.63, 3.8) is 0 Å². The van der Waals surface area contributed by atoms with Crippen LogP contribution in [0, 0.1) is 5.92 Å². The second-order valence-electron chi connectivity index (χ2n) is 7.05. The molecule has 1 aromatic carbocycles. The van der Waals surface area contributed by atoms with Crippen LogP contribution in [-0.2, 0) is 17.8 Å². The third-order valence-electron chi connectivity index (χ3n) is 5.27. The molecule has 1 saturated heterocycles. The molecule has 0 atom stereocenters. The summed E-state index contributed by atoms with van der Waals surface area (Å²) in [6.07, 6.45) is 3.93. The van der Waals surface area contributed by atoms with Gasteiger partial charge in [-0.2, -0.15) is 0 Å². The average Bonchev–Trinajstić information content (AvgIpc) is 3.09. The molecule has 0 saturated carbocycles. The lowest BCUT2D eigenvalue weighted by molar-refractivity contribution is -0.123. The summed E-state index contributed by atoms with van der Waals surface area (Å²) in [6.45, 7) is 2.10. The molecular formula is C20H21Cl2N5O. The van der Waals surface area contributed by atoms with Crippen LogP contribution in [0.25, 0.3) is 16.8 Å². The van der Waals surface area contributed by atoms with Crippen LogP contribution < -0.4 is 11.1 Å². The van der Waals surface area contributed by atoms with E-state index in [9.17, 15) is 4.79 Å². The molecule has 0 bridgehead atoms. The number of carbonyl (C=O) groups is 1. The maximum atomic E-state index is 12.7. The number of piperidine rings is 1. The topological polar surface area (TPSA) is 85.3 Å². The van der Waals surface area contributed by atoms with Gasteiger partial charge in [-0.25, -0.2) is 0 Å². The van der Waals surface area contributed by atoms with Crippen LogP contribution >= 0.6 is 23.2 Å². The van der Waals surface area contributed by atoms with Crippen molar-refractivity contribution in [1.82, 2.24) is 19.9 Å². The third kappa shape index (κ3) is 3.78. The number of rotatable bonds is 5. The molecular weight excluding hydrogens is 397 g/mol. The van der Waals surface area contributed by atoms with Gasteiger partial charge in [-0.15, -0.1) is 10.2 Å². The Bertz CT molecular complexity index is 1030. The number of nitrogens with one attached hydrogen (secondary N) is 1. The Kier molecular flexibility index (Phi) is 5.64. The molecule has 0 unspecified atom stereocenters. The fourth-order valence-electron chi connectivity index (χ4n) is 3.71. The van der Waals surface area contributed by atoms with Crippen molar-refractivity contribution >= 4 is 34.6 Å². The summed E-state index contributed by atoms with van der Waals surface area (Å²) in [7, 11) is 0. The second-order valence-corrected chi connectivity index (χ2v) is 7.90. The van der Waals surface area contributed by atoms with Crippen LogP contribution in [0.15, 0.2) is 30.5 Å². The fraction of sp³-hybridized carbons (Fsp3) is 0.350. The molecule has 0 spiro atoms. The van der Waals surface area contributed by atoms with E-state index in [0.717, 1.165) is 42.6 Å². The second kappa shape index (κ2) is 8.17. The number of carbonyl (C=O) groups excluding carboxylic acids is 1. The average molecular weight is 418 g/mol. The molecule has 1 aliphatic heterocycles. The maximum Gasteiger partial charge on any atom is 0.161 e. The van der Waals surface area contributed by atoms with Crippen LogP contribution in [0.1, 0.15) is 24.2 Å². The van der Waals surface area contributed by atoms with E-state index < -0.39 is 0 Å². The van der Waals surface area contributed by atoms with Crippen molar-refractivity contribution in [3.05, 3.63) is 51.9 Å². The Labute approximate surface area is 173 Å². The van der Waals surface area contributed by atoms with Gasteiger partial charge in [-0.3, -0.25) is 9.20 Å². The molecule has 6 nitrogen and oxygen atoms in total. The van der Waals surface area contributed by atoms with E-state index in [1.165, 1.54) is 0 Å². The van der Waals surface area contributed by atoms with E-state index in [1.54, 1.807) is 12.1 Å². The van der Waals surface area contributed by atoms with Gasteiger partial charge in [0.05, 0.1) is 6.42 Å². The fourth-order valence-corrected chi connectivity index (χ4v) is 4.22. The highest BCUT2D eigenvalue weighted by atomic mass is 35.5. The Morgan fingerprint density at radius 3 is 2.68 bits per heavy atom. The number of benzene rings is 1. The maximum absolute atomic E-state index is 12.7. The molecule has 3 heterocycles. The zero-order valence-electron chi connectivity index (χ0n) is 15.3. The highest BCUT2D eigenvalue weighted by molar-refractivity contribution is 6.36. The Morgan fingerprint density at radius 1 is 1.18 bits per heavy atom. The number of ketones is 1. The quantitative estimate of drug-likeness (QED) is 0.665.